The molecule has 7 heteroatoms. The molecule has 0 saturated heterocycles. The SMILES string of the molecule is O=[N+]([O-])c1ccc(Sc2ncc3ccccn23)c(F)c1. The lowest BCUT2D eigenvalue weighted by molar-refractivity contribution is -0.385. The number of pyridine rings is 1. The van der Waals surface area contributed by atoms with E-state index in [0.717, 1.165) is 23.3 Å². The standard InChI is InChI=1S/C13H8FN3O2S/c14-11-7-9(17(18)19)4-5-12(11)20-13-15-8-10-3-1-2-6-16(10)13/h1-8H. The molecule has 0 amide bonds. The number of benzene rings is 1. The molecule has 0 spiro atoms. The zero-order valence-corrected chi connectivity index (χ0v) is 10.9. The Kier molecular flexibility index (Phi) is 3.11. The normalized spacial score (nSPS) is 10.8. The first-order valence-corrected chi connectivity index (χ1v) is 6.51. The van der Waals surface area contributed by atoms with Crippen molar-refractivity contribution in [1.82, 2.24) is 9.38 Å². The summed E-state index contributed by atoms with van der Waals surface area (Å²) in [7, 11) is 0. The molecule has 0 fully saturated rings. The average Bonchev–Trinajstić information content (AvgIpc) is 2.84. The minimum Gasteiger partial charge on any atom is -0.295 e. The highest BCUT2D eigenvalue weighted by Gasteiger charge is 2.13. The van der Waals surface area contributed by atoms with Crippen LogP contribution in [0.4, 0.5) is 10.1 Å². The van der Waals surface area contributed by atoms with E-state index in [0.29, 0.717) is 10.1 Å². The van der Waals surface area contributed by atoms with Crippen LogP contribution in [0.3, 0.4) is 0 Å². The average molecular weight is 289 g/mol. The van der Waals surface area contributed by atoms with Crippen molar-refractivity contribution >= 4 is 23.0 Å². The van der Waals surface area contributed by atoms with Crippen LogP contribution >= 0.6 is 11.8 Å². The molecule has 3 aromatic rings. The summed E-state index contributed by atoms with van der Waals surface area (Å²) < 4.78 is 15.7. The third-order valence-corrected chi connectivity index (χ3v) is 3.77. The third kappa shape index (κ3) is 2.23. The fraction of sp³-hybridized carbons (Fsp3) is 0. The maximum atomic E-state index is 13.8. The monoisotopic (exact) mass is 289 g/mol. The number of fused-ring (bicyclic) bond motifs is 1. The first-order chi connectivity index (χ1) is 9.65. The van der Waals surface area contributed by atoms with E-state index in [4.69, 9.17) is 0 Å². The molecule has 0 saturated carbocycles. The van der Waals surface area contributed by atoms with Gasteiger partial charge in [-0.15, -0.1) is 0 Å². The van der Waals surface area contributed by atoms with E-state index in [1.54, 1.807) is 6.20 Å². The van der Waals surface area contributed by atoms with Crippen LogP contribution in [0.5, 0.6) is 0 Å². The van der Waals surface area contributed by atoms with Crippen molar-refractivity contribution in [1.29, 1.82) is 0 Å². The van der Waals surface area contributed by atoms with Gasteiger partial charge >= 0.3 is 0 Å². The van der Waals surface area contributed by atoms with E-state index >= 15 is 0 Å². The van der Waals surface area contributed by atoms with Gasteiger partial charge in [-0.05, 0) is 30.0 Å². The van der Waals surface area contributed by atoms with Gasteiger partial charge in [0.05, 0.1) is 27.6 Å². The second-order valence-corrected chi connectivity index (χ2v) is 5.02. The highest BCUT2D eigenvalue weighted by atomic mass is 32.2. The molecule has 0 N–H and O–H groups in total. The van der Waals surface area contributed by atoms with Crippen molar-refractivity contribution in [3.8, 4) is 0 Å². The Morgan fingerprint density at radius 3 is 2.90 bits per heavy atom. The predicted octanol–water partition coefficient (Wildman–Crippen LogP) is 3.53. The second kappa shape index (κ2) is 4.93. The van der Waals surface area contributed by atoms with E-state index in [1.165, 1.54) is 12.1 Å². The van der Waals surface area contributed by atoms with E-state index in [2.05, 4.69) is 4.98 Å². The smallest absolute Gasteiger partial charge is 0.272 e. The lowest BCUT2D eigenvalue weighted by Crippen LogP contribution is -1.91. The Morgan fingerprint density at radius 2 is 2.15 bits per heavy atom. The van der Waals surface area contributed by atoms with Crippen molar-refractivity contribution < 1.29 is 9.31 Å². The van der Waals surface area contributed by atoms with E-state index in [1.807, 2.05) is 28.8 Å². The summed E-state index contributed by atoms with van der Waals surface area (Å²) in [6.07, 6.45) is 3.51. The molecule has 100 valence electrons. The molecule has 0 bridgehead atoms. The zero-order valence-electron chi connectivity index (χ0n) is 10.1. The molecule has 0 radical (unpaired) electrons. The largest absolute Gasteiger partial charge is 0.295 e. The van der Waals surface area contributed by atoms with Gasteiger partial charge in [0.25, 0.3) is 5.69 Å². The number of nitro groups is 1. The number of hydrogen-bond acceptors (Lipinski definition) is 4. The number of halogens is 1. The molecule has 0 aliphatic carbocycles. The Balaban J connectivity index is 1.97. The van der Waals surface area contributed by atoms with Gasteiger partial charge in [-0.2, -0.15) is 0 Å². The number of imidazole rings is 1. The summed E-state index contributed by atoms with van der Waals surface area (Å²) in [6.45, 7) is 0. The van der Waals surface area contributed by atoms with E-state index < -0.39 is 10.7 Å². The van der Waals surface area contributed by atoms with Gasteiger partial charge in [-0.25, -0.2) is 9.37 Å². The van der Waals surface area contributed by atoms with Crippen molar-refractivity contribution in [2.45, 2.75) is 10.1 Å². The maximum Gasteiger partial charge on any atom is 0.272 e. The molecule has 0 aliphatic heterocycles. The second-order valence-electron chi connectivity index (χ2n) is 4.01. The predicted molar refractivity (Wildman–Crippen MR) is 72.4 cm³/mol. The number of non-ortho nitro benzene ring substituents is 1. The number of nitrogens with zero attached hydrogens (tertiary/aromatic N) is 3. The highest BCUT2D eigenvalue weighted by Crippen LogP contribution is 2.31. The topological polar surface area (TPSA) is 60.4 Å². The molecule has 0 unspecified atom stereocenters. The van der Waals surface area contributed by atoms with Crippen molar-refractivity contribution in [2.75, 3.05) is 0 Å². The Labute approximate surface area is 117 Å². The number of nitro benzene ring substituents is 1. The van der Waals surface area contributed by atoms with Gasteiger partial charge in [-0.3, -0.25) is 14.5 Å². The van der Waals surface area contributed by atoms with E-state index in [-0.39, 0.29) is 5.69 Å². The van der Waals surface area contributed by atoms with E-state index in [9.17, 15) is 14.5 Å². The van der Waals surface area contributed by atoms with Crippen LogP contribution in [0.2, 0.25) is 0 Å². The van der Waals surface area contributed by atoms with Crippen LogP contribution in [-0.4, -0.2) is 14.3 Å². The Hall–Kier alpha value is -2.41. The van der Waals surface area contributed by atoms with Crippen LogP contribution in [0.1, 0.15) is 0 Å². The van der Waals surface area contributed by atoms with Crippen LogP contribution in [0.15, 0.2) is 58.8 Å². The molecule has 5 nitrogen and oxygen atoms in total. The molecular weight excluding hydrogens is 281 g/mol. The molecule has 0 atom stereocenters. The fourth-order valence-electron chi connectivity index (χ4n) is 1.78. The summed E-state index contributed by atoms with van der Waals surface area (Å²) in [5, 5.41) is 11.2. The van der Waals surface area contributed by atoms with Gasteiger partial charge in [-0.1, -0.05) is 6.07 Å². The van der Waals surface area contributed by atoms with Gasteiger partial charge in [0.15, 0.2) is 5.16 Å². The van der Waals surface area contributed by atoms with Gasteiger partial charge in [0.1, 0.15) is 5.82 Å². The Morgan fingerprint density at radius 1 is 1.30 bits per heavy atom. The lowest BCUT2D eigenvalue weighted by Gasteiger charge is -2.02. The van der Waals surface area contributed by atoms with Crippen molar-refractivity contribution in [3.63, 3.8) is 0 Å². The molecule has 1 aromatic carbocycles. The summed E-state index contributed by atoms with van der Waals surface area (Å²) in [5.74, 6) is -0.628. The molecule has 2 aromatic heterocycles. The third-order valence-electron chi connectivity index (χ3n) is 2.73. The van der Waals surface area contributed by atoms with Crippen molar-refractivity contribution in [3.05, 3.63) is 64.7 Å². The molecular formula is C13H8FN3O2S. The summed E-state index contributed by atoms with van der Waals surface area (Å²) >= 11 is 1.13. The van der Waals surface area contributed by atoms with Crippen LogP contribution in [-0.2, 0) is 0 Å². The quantitative estimate of drug-likeness (QED) is 0.546. The minimum absolute atomic E-state index is 0.264. The van der Waals surface area contributed by atoms with Crippen LogP contribution in [0.25, 0.3) is 5.52 Å². The maximum absolute atomic E-state index is 13.8. The van der Waals surface area contributed by atoms with Crippen LogP contribution < -0.4 is 0 Å². The Bertz CT molecular complexity index is 803. The summed E-state index contributed by atoms with van der Waals surface area (Å²) in [5.41, 5.74) is 0.636. The van der Waals surface area contributed by atoms with Crippen molar-refractivity contribution in [2.24, 2.45) is 0 Å². The zero-order chi connectivity index (χ0) is 14.1. The summed E-state index contributed by atoms with van der Waals surface area (Å²) in [6, 6.07) is 9.22. The first-order valence-electron chi connectivity index (χ1n) is 5.69. The highest BCUT2D eigenvalue weighted by molar-refractivity contribution is 7.99. The van der Waals surface area contributed by atoms with Gasteiger partial charge in [0.2, 0.25) is 0 Å². The molecule has 2 heterocycles. The minimum atomic E-state index is -0.628. The molecule has 20 heavy (non-hydrogen) atoms. The number of rotatable bonds is 3. The lowest BCUT2D eigenvalue weighted by atomic mass is 10.3. The van der Waals surface area contributed by atoms with Crippen LogP contribution in [0, 0.1) is 15.9 Å². The first kappa shape index (κ1) is 12.6. The van der Waals surface area contributed by atoms with Gasteiger partial charge in [0, 0.05) is 12.3 Å². The number of aromatic nitrogens is 2. The van der Waals surface area contributed by atoms with Gasteiger partial charge < -0.3 is 0 Å². The molecule has 0 aliphatic rings. The number of hydrogen-bond donors (Lipinski definition) is 0. The fourth-order valence-corrected chi connectivity index (χ4v) is 2.64. The summed E-state index contributed by atoms with van der Waals surface area (Å²) in [4.78, 5) is 14.5. The molecule has 3 rings (SSSR count).